The van der Waals surface area contributed by atoms with Gasteiger partial charge in [-0.25, -0.2) is 4.98 Å². The van der Waals surface area contributed by atoms with E-state index >= 15 is 0 Å². The van der Waals surface area contributed by atoms with Gasteiger partial charge in [0.25, 0.3) is 5.91 Å². The van der Waals surface area contributed by atoms with Crippen LogP contribution in [-0.4, -0.2) is 43.1 Å². The van der Waals surface area contributed by atoms with E-state index in [0.717, 1.165) is 73.5 Å². The summed E-state index contributed by atoms with van der Waals surface area (Å²) in [7, 11) is 0. The van der Waals surface area contributed by atoms with Crippen LogP contribution in [0.1, 0.15) is 68.1 Å². The predicted molar refractivity (Wildman–Crippen MR) is 143 cm³/mol. The summed E-state index contributed by atoms with van der Waals surface area (Å²) in [5.41, 5.74) is 1.65. The first-order valence-corrected chi connectivity index (χ1v) is 14.1. The molecule has 6 nitrogen and oxygen atoms in total. The van der Waals surface area contributed by atoms with E-state index in [2.05, 4.69) is 21.6 Å². The van der Waals surface area contributed by atoms with Gasteiger partial charge < -0.3 is 15.5 Å². The van der Waals surface area contributed by atoms with Crippen LogP contribution in [0, 0.1) is 34.5 Å². The van der Waals surface area contributed by atoms with E-state index < -0.39 is 0 Å². The van der Waals surface area contributed by atoms with Crippen LogP contribution in [0.15, 0.2) is 24.3 Å². The van der Waals surface area contributed by atoms with Gasteiger partial charge in [0.1, 0.15) is 5.82 Å². The summed E-state index contributed by atoms with van der Waals surface area (Å²) in [5.74, 6) is 3.48. The second kappa shape index (κ2) is 9.84. The summed E-state index contributed by atoms with van der Waals surface area (Å²) in [4.78, 5) is 20.7. The van der Waals surface area contributed by atoms with Crippen LogP contribution in [0.5, 0.6) is 0 Å². The van der Waals surface area contributed by atoms with Crippen molar-refractivity contribution in [1.82, 2.24) is 15.6 Å². The Hall–Kier alpha value is -2.36. The fraction of sp³-hybridized carbons (Fsp3) is 0.621. The average molecular weight is 506 g/mol. The molecule has 4 saturated carbocycles. The van der Waals surface area contributed by atoms with Gasteiger partial charge in [-0.05, 0) is 105 Å². The summed E-state index contributed by atoms with van der Waals surface area (Å²) in [6, 6.07) is 10.4. The molecule has 1 aromatic carbocycles. The van der Waals surface area contributed by atoms with Crippen molar-refractivity contribution in [2.75, 3.05) is 31.1 Å². The van der Waals surface area contributed by atoms with E-state index in [9.17, 15) is 4.79 Å². The van der Waals surface area contributed by atoms with E-state index in [0.29, 0.717) is 28.5 Å². The van der Waals surface area contributed by atoms with E-state index in [1.54, 1.807) is 0 Å². The summed E-state index contributed by atoms with van der Waals surface area (Å²) in [5, 5.41) is 16.9. The lowest BCUT2D eigenvalue weighted by molar-refractivity contribution is -0.0503. The number of nitriles is 1. The SMILES string of the molecule is N#CCCCN[C@H]1CCN(c2ccc3c(C(=O)NCC45CC6CC(CC(C6)C4)C5)c(Cl)ccc3n2)C1. The third kappa shape index (κ3) is 4.68. The number of nitrogens with one attached hydrogen (secondary N) is 2. The van der Waals surface area contributed by atoms with Crippen molar-refractivity contribution < 1.29 is 4.79 Å². The van der Waals surface area contributed by atoms with Gasteiger partial charge in [-0.2, -0.15) is 5.26 Å². The molecule has 1 amide bonds. The van der Waals surface area contributed by atoms with E-state index in [-0.39, 0.29) is 5.91 Å². The number of hydrogen-bond donors (Lipinski definition) is 2. The first-order valence-electron chi connectivity index (χ1n) is 13.7. The van der Waals surface area contributed by atoms with Gasteiger partial charge in [0.05, 0.1) is 22.2 Å². The minimum atomic E-state index is -0.0706. The van der Waals surface area contributed by atoms with Crippen LogP contribution in [0.3, 0.4) is 0 Å². The molecule has 4 bridgehead atoms. The number of fused-ring (bicyclic) bond motifs is 1. The summed E-state index contributed by atoms with van der Waals surface area (Å²) < 4.78 is 0. The molecule has 2 aromatic rings. The number of aromatic nitrogens is 1. The third-order valence-corrected chi connectivity index (χ3v) is 9.55. The topological polar surface area (TPSA) is 81.0 Å². The highest BCUT2D eigenvalue weighted by Crippen LogP contribution is 2.59. The molecule has 2 heterocycles. The zero-order valence-electron chi connectivity index (χ0n) is 20.9. The number of halogens is 1. The standard InChI is InChI=1S/C29H36ClN5O/c30-24-4-5-25-23(3-6-26(34-25)35-10-7-22(17-35)32-9-2-1-8-31)27(24)28(36)33-18-29-14-19-11-20(15-29)13-21(12-19)16-29/h3-6,19-22,32H,1-2,7,9-18H2,(H,33,36)/t19?,20?,21?,22-,29?/m0/s1. The lowest BCUT2D eigenvalue weighted by atomic mass is 9.49. The number of hydrogen-bond acceptors (Lipinski definition) is 5. The van der Waals surface area contributed by atoms with Gasteiger partial charge in [-0.15, -0.1) is 0 Å². The molecular formula is C29H36ClN5O. The molecule has 7 rings (SSSR count). The molecular weight excluding hydrogens is 470 g/mol. The predicted octanol–water partition coefficient (Wildman–Crippen LogP) is 5.31. The average Bonchev–Trinajstić information content (AvgIpc) is 3.33. The molecule has 0 spiro atoms. The van der Waals surface area contributed by atoms with Crippen molar-refractivity contribution in [3.05, 3.63) is 34.9 Å². The number of pyridine rings is 1. The van der Waals surface area contributed by atoms with Gasteiger partial charge in [0.2, 0.25) is 0 Å². The van der Waals surface area contributed by atoms with Crippen molar-refractivity contribution in [3.8, 4) is 6.07 Å². The minimum absolute atomic E-state index is 0.0706. The number of carbonyl (C=O) groups is 1. The maximum absolute atomic E-state index is 13.4. The van der Waals surface area contributed by atoms with Crippen LogP contribution in [0.4, 0.5) is 5.82 Å². The molecule has 0 unspecified atom stereocenters. The minimum Gasteiger partial charge on any atom is -0.355 e. The van der Waals surface area contributed by atoms with Gasteiger partial charge in [-0.1, -0.05) is 11.6 Å². The zero-order valence-corrected chi connectivity index (χ0v) is 21.7. The van der Waals surface area contributed by atoms with Gasteiger partial charge >= 0.3 is 0 Å². The van der Waals surface area contributed by atoms with Crippen LogP contribution < -0.4 is 15.5 Å². The van der Waals surface area contributed by atoms with E-state index in [1.165, 1.54) is 38.5 Å². The summed E-state index contributed by atoms with van der Waals surface area (Å²) in [6.45, 7) is 3.49. The summed E-state index contributed by atoms with van der Waals surface area (Å²) in [6.07, 6.45) is 10.6. The van der Waals surface area contributed by atoms with Gasteiger partial charge in [0, 0.05) is 37.5 Å². The zero-order chi connectivity index (χ0) is 24.7. The molecule has 1 saturated heterocycles. The van der Waals surface area contributed by atoms with Gasteiger partial charge in [-0.3, -0.25) is 4.79 Å². The van der Waals surface area contributed by atoms with E-state index in [1.807, 2.05) is 24.3 Å². The monoisotopic (exact) mass is 505 g/mol. The third-order valence-electron chi connectivity index (χ3n) is 9.23. The second-order valence-electron chi connectivity index (χ2n) is 11.9. The van der Waals surface area contributed by atoms with Crippen LogP contribution >= 0.6 is 11.6 Å². The van der Waals surface area contributed by atoms with E-state index in [4.69, 9.17) is 21.8 Å². The van der Waals surface area contributed by atoms with Crippen molar-refractivity contribution in [2.24, 2.45) is 23.2 Å². The number of amides is 1. The molecule has 2 N–H and O–H groups in total. The first-order chi connectivity index (χ1) is 17.5. The number of unbranched alkanes of at least 4 members (excludes halogenated alkanes) is 1. The molecule has 1 aliphatic heterocycles. The number of benzene rings is 1. The smallest absolute Gasteiger partial charge is 0.253 e. The lowest BCUT2D eigenvalue weighted by Crippen LogP contribution is -2.51. The van der Waals surface area contributed by atoms with Crippen molar-refractivity contribution in [2.45, 2.75) is 63.8 Å². The Kier molecular flexibility index (Phi) is 6.56. The van der Waals surface area contributed by atoms with Crippen LogP contribution in [0.2, 0.25) is 5.02 Å². The maximum Gasteiger partial charge on any atom is 0.253 e. The lowest BCUT2D eigenvalue weighted by Gasteiger charge is -2.56. The Morgan fingerprint density at radius 2 is 1.89 bits per heavy atom. The Balaban J connectivity index is 1.14. The molecule has 0 radical (unpaired) electrons. The second-order valence-corrected chi connectivity index (χ2v) is 12.3. The largest absolute Gasteiger partial charge is 0.355 e. The molecule has 36 heavy (non-hydrogen) atoms. The maximum atomic E-state index is 13.4. The molecule has 5 fully saturated rings. The Morgan fingerprint density at radius 3 is 2.61 bits per heavy atom. The number of carbonyl (C=O) groups excluding carboxylic acids is 1. The number of rotatable bonds is 8. The Labute approximate surface area is 218 Å². The van der Waals surface area contributed by atoms with Gasteiger partial charge in [0.15, 0.2) is 0 Å². The molecule has 1 atom stereocenters. The highest BCUT2D eigenvalue weighted by molar-refractivity contribution is 6.35. The highest BCUT2D eigenvalue weighted by Gasteiger charge is 2.50. The van der Waals surface area contributed by atoms with Crippen LogP contribution in [0.25, 0.3) is 10.9 Å². The highest BCUT2D eigenvalue weighted by atomic mass is 35.5. The Bertz CT molecular complexity index is 1150. The van der Waals surface area contributed by atoms with Crippen molar-refractivity contribution >= 4 is 34.2 Å². The number of anilines is 1. The first kappa shape index (κ1) is 24.0. The summed E-state index contributed by atoms with van der Waals surface area (Å²) >= 11 is 6.58. The fourth-order valence-corrected chi connectivity index (χ4v) is 8.30. The van der Waals surface area contributed by atoms with Crippen LogP contribution in [-0.2, 0) is 0 Å². The van der Waals surface area contributed by atoms with Crippen molar-refractivity contribution in [3.63, 3.8) is 0 Å². The molecule has 4 aliphatic carbocycles. The number of nitrogens with zero attached hydrogens (tertiary/aromatic N) is 3. The quantitative estimate of drug-likeness (QED) is 0.475. The molecule has 5 aliphatic rings. The van der Waals surface area contributed by atoms with Crippen molar-refractivity contribution in [1.29, 1.82) is 5.26 Å². The normalized spacial score (nSPS) is 30.6. The molecule has 1 aromatic heterocycles. The molecule has 190 valence electrons. The Morgan fingerprint density at radius 1 is 1.14 bits per heavy atom. The molecule has 7 heteroatoms. The fourth-order valence-electron chi connectivity index (χ4n) is 8.04.